The molecule has 1 fully saturated rings. The van der Waals surface area contributed by atoms with Crippen molar-refractivity contribution < 1.29 is 14.3 Å². The number of methoxy groups -OCH3 is 1. The quantitative estimate of drug-likeness (QED) is 0.234. The minimum absolute atomic E-state index is 0.235. The molecule has 0 spiro atoms. The van der Waals surface area contributed by atoms with Crippen molar-refractivity contribution in [3.8, 4) is 5.82 Å². The highest BCUT2D eigenvalue weighted by molar-refractivity contribution is 6.04. The Kier molecular flexibility index (Phi) is 9.29. The van der Waals surface area contributed by atoms with Gasteiger partial charge < -0.3 is 25.4 Å². The molecule has 4 aromatic rings. The highest BCUT2D eigenvalue weighted by atomic mass is 16.5. The number of carbonyl (C=O) groups is 1. The molecular formula is C31H39N9O3. The van der Waals surface area contributed by atoms with Crippen LogP contribution in [0.5, 0.6) is 0 Å². The SMILES string of the molecule is COC(C)(C)c1cc(C(=O)Nc2ccc(C)c(Nc3cc(C)nn3-c3cc(NCCN4CCOCC4)ncn3)c2)ccn1. The van der Waals surface area contributed by atoms with E-state index in [1.54, 1.807) is 30.1 Å². The van der Waals surface area contributed by atoms with E-state index in [1.165, 1.54) is 6.33 Å². The van der Waals surface area contributed by atoms with E-state index in [9.17, 15) is 4.79 Å². The second-order valence-electron chi connectivity index (χ2n) is 11.0. The van der Waals surface area contributed by atoms with Crippen molar-refractivity contribution in [2.24, 2.45) is 0 Å². The van der Waals surface area contributed by atoms with Crippen LogP contribution < -0.4 is 16.0 Å². The van der Waals surface area contributed by atoms with Gasteiger partial charge in [0.15, 0.2) is 5.82 Å². The molecule has 1 saturated heterocycles. The van der Waals surface area contributed by atoms with Crippen LogP contribution in [0.25, 0.3) is 5.82 Å². The molecule has 1 aromatic carbocycles. The van der Waals surface area contributed by atoms with E-state index in [2.05, 4.69) is 40.9 Å². The molecule has 0 atom stereocenters. The van der Waals surface area contributed by atoms with E-state index >= 15 is 0 Å². The molecule has 0 saturated carbocycles. The largest absolute Gasteiger partial charge is 0.379 e. The van der Waals surface area contributed by atoms with Gasteiger partial charge in [-0.2, -0.15) is 9.78 Å². The van der Waals surface area contributed by atoms with Gasteiger partial charge in [-0.05, 0) is 57.5 Å². The number of ether oxygens (including phenoxy) is 2. The topological polar surface area (TPSA) is 131 Å². The monoisotopic (exact) mass is 585 g/mol. The maximum Gasteiger partial charge on any atom is 0.255 e. The van der Waals surface area contributed by atoms with Crippen LogP contribution in [0, 0.1) is 13.8 Å². The number of nitrogens with zero attached hydrogens (tertiary/aromatic N) is 6. The van der Waals surface area contributed by atoms with Crippen LogP contribution in [-0.4, -0.2) is 82.0 Å². The second kappa shape index (κ2) is 13.3. The first-order chi connectivity index (χ1) is 20.7. The fourth-order valence-electron chi connectivity index (χ4n) is 4.67. The molecule has 43 heavy (non-hydrogen) atoms. The summed E-state index contributed by atoms with van der Waals surface area (Å²) in [5.74, 6) is 1.86. The van der Waals surface area contributed by atoms with Crippen LogP contribution in [0.15, 0.2) is 55.0 Å². The van der Waals surface area contributed by atoms with Gasteiger partial charge in [0, 0.05) is 68.6 Å². The number of benzene rings is 1. The van der Waals surface area contributed by atoms with E-state index < -0.39 is 5.60 Å². The fraction of sp³-hybridized carbons (Fsp3) is 0.387. The Morgan fingerprint density at radius 2 is 1.86 bits per heavy atom. The maximum atomic E-state index is 13.1. The van der Waals surface area contributed by atoms with Gasteiger partial charge in [-0.1, -0.05) is 6.07 Å². The lowest BCUT2D eigenvalue weighted by molar-refractivity contribution is 0.0154. The lowest BCUT2D eigenvalue weighted by Gasteiger charge is -2.26. The van der Waals surface area contributed by atoms with Crippen LogP contribution in [0.2, 0.25) is 0 Å². The van der Waals surface area contributed by atoms with E-state index in [-0.39, 0.29) is 5.91 Å². The van der Waals surface area contributed by atoms with Gasteiger partial charge in [0.1, 0.15) is 23.6 Å². The Bertz CT molecular complexity index is 1560. The molecule has 12 nitrogen and oxygen atoms in total. The Labute approximate surface area is 251 Å². The minimum atomic E-state index is -0.609. The van der Waals surface area contributed by atoms with Crippen molar-refractivity contribution in [2.45, 2.75) is 33.3 Å². The maximum absolute atomic E-state index is 13.1. The lowest BCUT2D eigenvalue weighted by Crippen LogP contribution is -2.39. The van der Waals surface area contributed by atoms with Gasteiger partial charge in [-0.25, -0.2) is 9.97 Å². The van der Waals surface area contributed by atoms with Gasteiger partial charge in [0.25, 0.3) is 5.91 Å². The number of carbonyl (C=O) groups excluding carboxylic acids is 1. The number of nitrogens with one attached hydrogen (secondary N) is 3. The first kappa shape index (κ1) is 30.1. The molecule has 226 valence electrons. The molecule has 1 aliphatic heterocycles. The van der Waals surface area contributed by atoms with E-state index in [0.717, 1.165) is 68.0 Å². The zero-order valence-electron chi connectivity index (χ0n) is 25.3. The van der Waals surface area contributed by atoms with Crippen molar-refractivity contribution in [3.63, 3.8) is 0 Å². The van der Waals surface area contributed by atoms with Crippen LogP contribution in [-0.2, 0) is 15.1 Å². The molecule has 1 aliphatic rings. The number of hydrogen-bond acceptors (Lipinski definition) is 10. The van der Waals surface area contributed by atoms with Gasteiger partial charge in [-0.3, -0.25) is 14.7 Å². The number of morpholine rings is 1. The summed E-state index contributed by atoms with van der Waals surface area (Å²) in [4.78, 5) is 28.7. The Hall–Kier alpha value is -4.39. The van der Waals surface area contributed by atoms with Gasteiger partial charge in [0.2, 0.25) is 0 Å². The molecule has 3 aromatic heterocycles. The molecule has 0 radical (unpaired) electrons. The molecule has 0 aliphatic carbocycles. The number of aryl methyl sites for hydroxylation is 2. The van der Waals surface area contributed by atoms with E-state index in [1.807, 2.05) is 58.0 Å². The highest BCUT2D eigenvalue weighted by Crippen LogP contribution is 2.27. The van der Waals surface area contributed by atoms with Crippen molar-refractivity contribution >= 4 is 28.9 Å². The Balaban J connectivity index is 1.30. The standard InChI is InChI=1S/C31H39N9O3/c1-21-6-7-24(36-30(41)23-8-9-32-26(17-23)31(3,4)42-5)18-25(21)37-29-16-22(2)38-40(29)28-19-27(34-20-35-28)33-10-11-39-12-14-43-15-13-39/h6-9,16-20,37H,10-15H2,1-5H3,(H,36,41)(H,33,34,35). The number of anilines is 4. The Morgan fingerprint density at radius 3 is 2.65 bits per heavy atom. The van der Waals surface area contributed by atoms with Crippen LogP contribution >= 0.6 is 0 Å². The molecule has 0 bridgehead atoms. The summed E-state index contributed by atoms with van der Waals surface area (Å²) < 4.78 is 12.7. The number of pyridine rings is 1. The van der Waals surface area contributed by atoms with Gasteiger partial charge in [-0.15, -0.1) is 0 Å². The summed E-state index contributed by atoms with van der Waals surface area (Å²) in [6.45, 7) is 12.9. The zero-order valence-corrected chi connectivity index (χ0v) is 25.3. The lowest BCUT2D eigenvalue weighted by atomic mass is 10.0. The van der Waals surface area contributed by atoms with Crippen molar-refractivity contribution in [1.82, 2.24) is 29.6 Å². The van der Waals surface area contributed by atoms with Crippen LogP contribution in [0.4, 0.5) is 23.0 Å². The van der Waals surface area contributed by atoms with Crippen molar-refractivity contribution in [2.75, 3.05) is 62.5 Å². The summed E-state index contributed by atoms with van der Waals surface area (Å²) >= 11 is 0. The smallest absolute Gasteiger partial charge is 0.255 e. The number of aromatic nitrogens is 5. The summed E-state index contributed by atoms with van der Waals surface area (Å²) in [7, 11) is 1.62. The molecule has 1 amide bonds. The molecule has 4 heterocycles. The normalized spacial score (nSPS) is 14.0. The van der Waals surface area contributed by atoms with Crippen LogP contribution in [0.1, 0.15) is 41.2 Å². The predicted octanol–water partition coefficient (Wildman–Crippen LogP) is 4.30. The molecule has 0 unspecified atom stereocenters. The van der Waals surface area contributed by atoms with Gasteiger partial charge in [0.05, 0.1) is 24.6 Å². The molecule has 5 rings (SSSR count). The minimum Gasteiger partial charge on any atom is -0.379 e. The zero-order chi connectivity index (χ0) is 30.4. The first-order valence-electron chi connectivity index (χ1n) is 14.4. The molecular weight excluding hydrogens is 546 g/mol. The number of rotatable bonds is 11. The molecule has 3 N–H and O–H groups in total. The van der Waals surface area contributed by atoms with E-state index in [0.29, 0.717) is 22.8 Å². The first-order valence-corrected chi connectivity index (χ1v) is 14.4. The second-order valence-corrected chi connectivity index (χ2v) is 11.0. The third-order valence-corrected chi connectivity index (χ3v) is 7.45. The number of amides is 1. The average molecular weight is 586 g/mol. The number of hydrogen-bond donors (Lipinski definition) is 3. The van der Waals surface area contributed by atoms with E-state index in [4.69, 9.17) is 9.47 Å². The summed E-state index contributed by atoms with van der Waals surface area (Å²) in [5.41, 5.74) is 3.88. The predicted molar refractivity (Wildman–Crippen MR) is 166 cm³/mol. The summed E-state index contributed by atoms with van der Waals surface area (Å²) in [6.07, 6.45) is 3.15. The third-order valence-electron chi connectivity index (χ3n) is 7.45. The van der Waals surface area contributed by atoms with Crippen LogP contribution in [0.3, 0.4) is 0 Å². The highest BCUT2D eigenvalue weighted by Gasteiger charge is 2.22. The van der Waals surface area contributed by atoms with Crippen molar-refractivity contribution in [3.05, 3.63) is 77.5 Å². The fourth-order valence-corrected chi connectivity index (χ4v) is 4.67. The van der Waals surface area contributed by atoms with Crippen molar-refractivity contribution in [1.29, 1.82) is 0 Å². The summed E-state index contributed by atoms with van der Waals surface area (Å²) in [5, 5.41) is 14.6. The van der Waals surface area contributed by atoms with Gasteiger partial charge >= 0.3 is 0 Å². The molecule has 12 heteroatoms. The third kappa shape index (κ3) is 7.53. The summed E-state index contributed by atoms with van der Waals surface area (Å²) in [6, 6.07) is 13.0. The Morgan fingerprint density at radius 1 is 1.05 bits per heavy atom. The average Bonchev–Trinajstić information content (AvgIpc) is 3.39.